The molecule has 2 nitrogen and oxygen atoms in total. The van der Waals surface area contributed by atoms with Crippen LogP contribution in [0.4, 0.5) is 0 Å². The van der Waals surface area contributed by atoms with E-state index < -0.39 is 0 Å². The molecule has 0 radical (unpaired) electrons. The zero-order chi connectivity index (χ0) is 19.4. The number of unbranched alkanes of at least 4 members (excludes halogenated alkanes) is 1. The summed E-state index contributed by atoms with van der Waals surface area (Å²) in [6.45, 7) is 9.11. The lowest BCUT2D eigenvalue weighted by Crippen LogP contribution is -2.50. The highest BCUT2D eigenvalue weighted by molar-refractivity contribution is 8.20. The Kier molecular flexibility index (Phi) is 5.04. The number of fused-ring (bicyclic) bond motifs is 1. The van der Waals surface area contributed by atoms with E-state index in [4.69, 9.17) is 0 Å². The van der Waals surface area contributed by atoms with Gasteiger partial charge in [0.2, 0.25) is 0 Å². The number of allylic oxidation sites excluding steroid dienone is 2. The molecular weight excluding hydrogens is 372 g/mol. The van der Waals surface area contributed by atoms with E-state index in [-0.39, 0.29) is 26.9 Å². The first kappa shape index (κ1) is 19.6. The van der Waals surface area contributed by atoms with Gasteiger partial charge < -0.3 is 10.2 Å². The Labute approximate surface area is 172 Å². The van der Waals surface area contributed by atoms with Gasteiger partial charge in [-0.05, 0) is 54.7 Å². The zero-order valence-electron chi connectivity index (χ0n) is 16.9. The smallest absolute Gasteiger partial charge is 0.123 e. The fraction of sp³-hybridized carbons (Fsp3) is 0.652. The molecule has 0 aromatic heterocycles. The largest absolute Gasteiger partial charge is 0.507 e. The molecule has 1 aliphatic heterocycles. The van der Waals surface area contributed by atoms with Crippen molar-refractivity contribution in [2.75, 3.05) is 11.5 Å². The number of rotatable bonds is 5. The average molecular weight is 405 g/mol. The summed E-state index contributed by atoms with van der Waals surface area (Å²) in [7, 11) is 0. The van der Waals surface area contributed by atoms with Crippen molar-refractivity contribution in [3.8, 4) is 11.5 Å². The maximum Gasteiger partial charge on any atom is 0.123 e. The normalized spacial score (nSPS) is 30.7. The van der Waals surface area contributed by atoms with Crippen molar-refractivity contribution < 1.29 is 10.2 Å². The van der Waals surface area contributed by atoms with E-state index in [2.05, 4.69) is 33.8 Å². The molecule has 27 heavy (non-hydrogen) atoms. The summed E-state index contributed by atoms with van der Waals surface area (Å²) in [5.74, 6) is 4.12. The third-order valence-corrected chi connectivity index (χ3v) is 10.9. The van der Waals surface area contributed by atoms with Gasteiger partial charge in [-0.1, -0.05) is 45.3 Å². The number of benzene rings is 1. The molecule has 4 heteroatoms. The topological polar surface area (TPSA) is 40.5 Å². The summed E-state index contributed by atoms with van der Waals surface area (Å²) >= 11 is 3.96. The monoisotopic (exact) mass is 404 g/mol. The van der Waals surface area contributed by atoms with Crippen LogP contribution in [0, 0.1) is 17.3 Å². The minimum absolute atomic E-state index is 0.0113. The van der Waals surface area contributed by atoms with Gasteiger partial charge in [0.1, 0.15) is 11.5 Å². The van der Waals surface area contributed by atoms with Crippen LogP contribution in [0.25, 0.3) is 0 Å². The lowest BCUT2D eigenvalue weighted by molar-refractivity contribution is -0.0198. The second kappa shape index (κ2) is 6.95. The molecule has 1 saturated heterocycles. The fourth-order valence-electron chi connectivity index (χ4n) is 5.65. The van der Waals surface area contributed by atoms with Crippen LogP contribution in [-0.4, -0.2) is 21.7 Å². The number of aromatic hydroxyl groups is 2. The van der Waals surface area contributed by atoms with E-state index in [1.54, 1.807) is 0 Å². The second-order valence-corrected chi connectivity index (χ2v) is 12.2. The quantitative estimate of drug-likeness (QED) is 0.541. The Morgan fingerprint density at radius 3 is 2.26 bits per heavy atom. The zero-order valence-corrected chi connectivity index (χ0v) is 18.6. The van der Waals surface area contributed by atoms with Crippen LogP contribution in [0.5, 0.6) is 11.5 Å². The molecule has 2 fully saturated rings. The number of phenols is 2. The molecule has 1 heterocycles. The Hall–Kier alpha value is -0.740. The van der Waals surface area contributed by atoms with Gasteiger partial charge in [-0.2, -0.15) is 0 Å². The Bertz CT molecular complexity index is 739. The lowest BCUT2D eigenvalue weighted by Gasteiger charge is -2.59. The van der Waals surface area contributed by atoms with E-state index in [0.717, 1.165) is 29.1 Å². The maximum atomic E-state index is 11.0. The van der Waals surface area contributed by atoms with Crippen LogP contribution in [0.3, 0.4) is 0 Å². The van der Waals surface area contributed by atoms with E-state index in [0.29, 0.717) is 11.8 Å². The Balaban J connectivity index is 1.72. The van der Waals surface area contributed by atoms with Gasteiger partial charge in [-0.3, -0.25) is 0 Å². The first-order valence-electron chi connectivity index (χ1n) is 10.3. The van der Waals surface area contributed by atoms with Crippen molar-refractivity contribution in [1.29, 1.82) is 0 Å². The van der Waals surface area contributed by atoms with Gasteiger partial charge in [0.15, 0.2) is 0 Å². The van der Waals surface area contributed by atoms with Crippen LogP contribution in [0.2, 0.25) is 0 Å². The Morgan fingerprint density at radius 1 is 1.11 bits per heavy atom. The van der Waals surface area contributed by atoms with Crippen LogP contribution >= 0.6 is 23.5 Å². The predicted octanol–water partition coefficient (Wildman–Crippen LogP) is 6.63. The molecule has 0 spiro atoms. The summed E-state index contributed by atoms with van der Waals surface area (Å²) in [6.07, 6.45) is 6.91. The highest BCUT2D eigenvalue weighted by Gasteiger charge is 2.55. The number of hydrogen-bond acceptors (Lipinski definition) is 4. The molecule has 1 aromatic rings. The number of thioether (sulfide) groups is 2. The van der Waals surface area contributed by atoms with Crippen molar-refractivity contribution in [1.82, 2.24) is 0 Å². The molecular formula is C23H32O2S2. The molecule has 148 valence electrons. The maximum absolute atomic E-state index is 11.0. The first-order chi connectivity index (χ1) is 12.8. The molecule has 3 aliphatic carbocycles. The van der Waals surface area contributed by atoms with Gasteiger partial charge in [-0.15, -0.1) is 23.5 Å². The summed E-state index contributed by atoms with van der Waals surface area (Å²) in [4.78, 5) is 0. The molecule has 5 rings (SSSR count). The average Bonchev–Trinajstić information content (AvgIpc) is 3.08. The van der Waals surface area contributed by atoms with Crippen LogP contribution < -0.4 is 0 Å². The standard InChI is InChI=1S/C23H32O2S2/c1-5-6-7-23(26-8-9-27-23)15-11-19(24)21(20(25)12-15)16-10-14(2)17-13-18(16)22(17,3)4/h10-12,16-18,24-25H,5-9,13H2,1-4H3. The molecule has 1 aromatic carbocycles. The second-order valence-electron chi connectivity index (χ2n) is 9.13. The van der Waals surface area contributed by atoms with Crippen molar-refractivity contribution in [2.45, 2.75) is 63.4 Å². The van der Waals surface area contributed by atoms with E-state index in [1.807, 2.05) is 35.7 Å². The van der Waals surface area contributed by atoms with E-state index >= 15 is 0 Å². The highest BCUT2D eigenvalue weighted by atomic mass is 32.2. The minimum atomic E-state index is -0.0113. The molecule has 3 unspecified atom stereocenters. The molecule has 1 saturated carbocycles. The van der Waals surface area contributed by atoms with Crippen LogP contribution in [-0.2, 0) is 4.08 Å². The minimum Gasteiger partial charge on any atom is -0.507 e. The van der Waals surface area contributed by atoms with E-state index in [1.165, 1.54) is 24.8 Å². The van der Waals surface area contributed by atoms with Gasteiger partial charge in [0.25, 0.3) is 0 Å². The summed E-state index contributed by atoms with van der Waals surface area (Å²) in [6, 6.07) is 3.91. The van der Waals surface area contributed by atoms with Gasteiger partial charge in [0, 0.05) is 23.0 Å². The number of phenolic OH excluding ortho intramolecular Hbond substituents is 2. The van der Waals surface area contributed by atoms with Crippen LogP contribution in [0.1, 0.15) is 70.4 Å². The molecule has 4 aliphatic rings. The lowest BCUT2D eigenvalue weighted by atomic mass is 9.45. The predicted molar refractivity (Wildman–Crippen MR) is 118 cm³/mol. The number of hydrogen-bond donors (Lipinski definition) is 2. The van der Waals surface area contributed by atoms with Crippen molar-refractivity contribution in [3.05, 3.63) is 34.9 Å². The molecule has 0 amide bonds. The van der Waals surface area contributed by atoms with Crippen molar-refractivity contribution in [2.24, 2.45) is 17.3 Å². The molecule has 2 bridgehead atoms. The van der Waals surface area contributed by atoms with Gasteiger partial charge in [-0.25, -0.2) is 0 Å². The highest BCUT2D eigenvalue weighted by Crippen LogP contribution is 2.65. The fourth-order valence-corrected chi connectivity index (χ4v) is 8.95. The van der Waals surface area contributed by atoms with Crippen LogP contribution in [0.15, 0.2) is 23.8 Å². The van der Waals surface area contributed by atoms with E-state index in [9.17, 15) is 10.2 Å². The summed E-state index contributed by atoms with van der Waals surface area (Å²) < 4.78 is -0.0113. The summed E-state index contributed by atoms with van der Waals surface area (Å²) in [5.41, 5.74) is 3.50. The van der Waals surface area contributed by atoms with Gasteiger partial charge >= 0.3 is 0 Å². The molecule has 2 N–H and O–H groups in total. The van der Waals surface area contributed by atoms with Crippen molar-refractivity contribution >= 4 is 23.5 Å². The molecule has 3 atom stereocenters. The third kappa shape index (κ3) is 3.02. The summed E-state index contributed by atoms with van der Waals surface area (Å²) in [5, 5.41) is 22.0. The SMILES string of the molecule is CCCCC1(c2cc(O)c(C3C=C(C)C4CC3C4(C)C)c(O)c2)SCCS1. The first-order valence-corrected chi connectivity index (χ1v) is 12.3. The van der Waals surface area contributed by atoms with Gasteiger partial charge in [0.05, 0.1) is 4.08 Å². The van der Waals surface area contributed by atoms with Crippen molar-refractivity contribution in [3.63, 3.8) is 0 Å². The third-order valence-electron chi connectivity index (χ3n) is 7.29. The Morgan fingerprint density at radius 2 is 1.74 bits per heavy atom.